The third-order valence-corrected chi connectivity index (χ3v) is 6.57. The number of hydrogen-bond donors (Lipinski definition) is 2. The minimum absolute atomic E-state index is 0.0556. The molecule has 1 heterocycles. The highest BCUT2D eigenvalue weighted by Gasteiger charge is 2.29. The van der Waals surface area contributed by atoms with Crippen LogP contribution in [-0.2, 0) is 14.6 Å². The van der Waals surface area contributed by atoms with E-state index in [1.807, 2.05) is 12.1 Å². The second-order valence-corrected chi connectivity index (χ2v) is 9.65. The molecule has 2 amide bonds. The molecule has 28 heavy (non-hydrogen) atoms. The van der Waals surface area contributed by atoms with Gasteiger partial charge in [-0.15, -0.1) is 0 Å². The third kappa shape index (κ3) is 5.53. The van der Waals surface area contributed by atoms with E-state index in [2.05, 4.69) is 26.6 Å². The summed E-state index contributed by atoms with van der Waals surface area (Å²) in [6.45, 7) is 0. The first kappa shape index (κ1) is 20.3. The van der Waals surface area contributed by atoms with E-state index in [1.165, 1.54) is 0 Å². The third-order valence-electron chi connectivity index (χ3n) is 4.28. The predicted molar refractivity (Wildman–Crippen MR) is 111 cm³/mol. The highest BCUT2D eigenvalue weighted by molar-refractivity contribution is 9.10. The molecule has 2 N–H and O–H groups in total. The second kappa shape index (κ2) is 8.70. The van der Waals surface area contributed by atoms with Gasteiger partial charge in [0.05, 0.1) is 11.5 Å². The molecule has 3 rings (SSSR count). The Hall–Kier alpha value is -2.45. The minimum atomic E-state index is -3.12. The molecule has 0 radical (unpaired) electrons. The molecule has 146 valence electrons. The number of hydrogen-bond acceptors (Lipinski definition) is 4. The molecule has 0 spiro atoms. The van der Waals surface area contributed by atoms with E-state index in [0.29, 0.717) is 12.0 Å². The summed E-state index contributed by atoms with van der Waals surface area (Å²) >= 11 is 3.35. The summed E-state index contributed by atoms with van der Waals surface area (Å²) in [5.74, 6) is -0.968. The van der Waals surface area contributed by atoms with Crippen molar-refractivity contribution in [3.05, 3.63) is 75.9 Å². The Balaban J connectivity index is 1.82. The Kier molecular flexibility index (Phi) is 6.31. The van der Waals surface area contributed by atoms with Crippen molar-refractivity contribution < 1.29 is 18.0 Å². The summed E-state index contributed by atoms with van der Waals surface area (Å²) in [6.07, 6.45) is 1.93. The summed E-state index contributed by atoms with van der Waals surface area (Å²) in [4.78, 5) is 25.3. The molecule has 1 fully saturated rings. The Morgan fingerprint density at radius 3 is 2.32 bits per heavy atom. The number of benzene rings is 2. The maximum Gasteiger partial charge on any atom is 0.268 e. The summed E-state index contributed by atoms with van der Waals surface area (Å²) in [6, 6.07) is 15.3. The van der Waals surface area contributed by atoms with Gasteiger partial charge in [0.2, 0.25) is 0 Å². The van der Waals surface area contributed by atoms with E-state index in [1.54, 1.807) is 48.5 Å². The molecule has 2 aromatic carbocycles. The largest absolute Gasteiger partial charge is 0.347 e. The number of carbonyl (C=O) groups is 2. The highest BCUT2D eigenvalue weighted by atomic mass is 79.9. The van der Waals surface area contributed by atoms with Crippen LogP contribution in [0.1, 0.15) is 22.3 Å². The van der Waals surface area contributed by atoms with Crippen LogP contribution in [0.2, 0.25) is 0 Å². The van der Waals surface area contributed by atoms with Crippen LogP contribution in [0.5, 0.6) is 0 Å². The van der Waals surface area contributed by atoms with Gasteiger partial charge in [-0.2, -0.15) is 0 Å². The van der Waals surface area contributed by atoms with Crippen molar-refractivity contribution >= 4 is 43.7 Å². The van der Waals surface area contributed by atoms with Gasteiger partial charge in [0.15, 0.2) is 9.84 Å². The van der Waals surface area contributed by atoms with Crippen LogP contribution in [0.4, 0.5) is 0 Å². The zero-order valence-corrected chi connectivity index (χ0v) is 17.3. The second-order valence-electron chi connectivity index (χ2n) is 6.50. The van der Waals surface area contributed by atoms with Crippen LogP contribution in [0.25, 0.3) is 6.08 Å². The molecule has 1 aliphatic rings. The molecule has 1 atom stereocenters. The molecule has 0 saturated carbocycles. The molecule has 8 heteroatoms. The van der Waals surface area contributed by atoms with Crippen molar-refractivity contribution in [2.45, 2.75) is 12.5 Å². The summed E-state index contributed by atoms with van der Waals surface area (Å²) in [5, 5.41) is 5.35. The van der Waals surface area contributed by atoms with Crippen LogP contribution in [0.15, 0.2) is 64.8 Å². The monoisotopic (exact) mass is 462 g/mol. The molecule has 0 aromatic heterocycles. The smallest absolute Gasteiger partial charge is 0.268 e. The molecule has 1 saturated heterocycles. The number of sulfone groups is 1. The molecule has 2 aromatic rings. The number of amides is 2. The fourth-order valence-electron chi connectivity index (χ4n) is 2.84. The number of halogens is 1. The standard InChI is InChI=1S/C20H19BrN2O4S/c21-16-8-6-14(7-9-16)12-18(23-19(24)15-4-2-1-3-5-15)20(25)22-17-10-11-28(26,27)13-17/h1-9,12,17H,10-11,13H2,(H,22,25)(H,23,24)/b18-12-/t17-/m0/s1. The maximum atomic E-state index is 12.8. The lowest BCUT2D eigenvalue weighted by molar-refractivity contribution is -0.118. The Bertz CT molecular complexity index is 1000. The topological polar surface area (TPSA) is 92.3 Å². The Morgan fingerprint density at radius 1 is 1.04 bits per heavy atom. The zero-order valence-electron chi connectivity index (χ0n) is 14.9. The van der Waals surface area contributed by atoms with Crippen LogP contribution < -0.4 is 10.6 Å². The molecular weight excluding hydrogens is 444 g/mol. The van der Waals surface area contributed by atoms with Gasteiger partial charge >= 0.3 is 0 Å². The van der Waals surface area contributed by atoms with Gasteiger partial charge in [0, 0.05) is 16.1 Å². The first-order valence-electron chi connectivity index (χ1n) is 8.67. The fraction of sp³-hybridized carbons (Fsp3) is 0.200. The zero-order chi connectivity index (χ0) is 20.1. The lowest BCUT2D eigenvalue weighted by Gasteiger charge is -2.14. The van der Waals surface area contributed by atoms with Gasteiger partial charge in [-0.25, -0.2) is 8.42 Å². The van der Waals surface area contributed by atoms with Gasteiger partial charge < -0.3 is 10.6 Å². The molecular formula is C20H19BrN2O4S. The van der Waals surface area contributed by atoms with E-state index in [4.69, 9.17) is 0 Å². The van der Waals surface area contributed by atoms with Crippen molar-refractivity contribution in [1.82, 2.24) is 10.6 Å². The van der Waals surface area contributed by atoms with Gasteiger partial charge in [0.25, 0.3) is 11.8 Å². The van der Waals surface area contributed by atoms with Crippen molar-refractivity contribution in [1.29, 1.82) is 0 Å². The fourth-order valence-corrected chi connectivity index (χ4v) is 4.78. The average molecular weight is 463 g/mol. The van der Waals surface area contributed by atoms with E-state index < -0.39 is 27.7 Å². The highest BCUT2D eigenvalue weighted by Crippen LogP contribution is 2.15. The first-order chi connectivity index (χ1) is 13.3. The van der Waals surface area contributed by atoms with Gasteiger partial charge in [-0.3, -0.25) is 9.59 Å². The molecule has 0 aliphatic carbocycles. The molecule has 1 aliphatic heterocycles. The summed E-state index contributed by atoms with van der Waals surface area (Å²) in [5.41, 5.74) is 1.20. The van der Waals surface area contributed by atoms with Crippen LogP contribution in [0, 0.1) is 0 Å². The lowest BCUT2D eigenvalue weighted by Crippen LogP contribution is -2.41. The lowest BCUT2D eigenvalue weighted by atomic mass is 10.1. The van der Waals surface area contributed by atoms with Crippen molar-refractivity contribution in [3.8, 4) is 0 Å². The molecule has 0 bridgehead atoms. The van der Waals surface area contributed by atoms with Gasteiger partial charge in [-0.1, -0.05) is 46.3 Å². The van der Waals surface area contributed by atoms with E-state index >= 15 is 0 Å². The van der Waals surface area contributed by atoms with Crippen molar-refractivity contribution in [2.75, 3.05) is 11.5 Å². The van der Waals surface area contributed by atoms with E-state index in [9.17, 15) is 18.0 Å². The van der Waals surface area contributed by atoms with Gasteiger partial charge in [-0.05, 0) is 42.3 Å². The summed E-state index contributed by atoms with van der Waals surface area (Å²) in [7, 11) is -3.12. The molecule has 6 nitrogen and oxygen atoms in total. The van der Waals surface area contributed by atoms with Gasteiger partial charge in [0.1, 0.15) is 5.70 Å². The Morgan fingerprint density at radius 2 is 1.71 bits per heavy atom. The van der Waals surface area contributed by atoms with E-state index in [0.717, 1.165) is 10.0 Å². The summed E-state index contributed by atoms with van der Waals surface area (Å²) < 4.78 is 24.2. The quantitative estimate of drug-likeness (QED) is 0.667. The van der Waals surface area contributed by atoms with Crippen LogP contribution in [-0.4, -0.2) is 37.8 Å². The number of rotatable bonds is 5. The Labute approximate surface area is 172 Å². The van der Waals surface area contributed by atoms with E-state index in [-0.39, 0.29) is 17.2 Å². The number of carbonyl (C=O) groups excluding carboxylic acids is 2. The average Bonchev–Trinajstić information content (AvgIpc) is 3.01. The predicted octanol–water partition coefficient (Wildman–Crippen LogP) is 2.52. The van der Waals surface area contributed by atoms with Crippen molar-refractivity contribution in [2.24, 2.45) is 0 Å². The normalized spacial score (nSPS) is 18.5. The number of nitrogens with one attached hydrogen (secondary N) is 2. The minimum Gasteiger partial charge on any atom is -0.347 e. The van der Waals surface area contributed by atoms with Crippen molar-refractivity contribution in [3.63, 3.8) is 0 Å². The first-order valence-corrected chi connectivity index (χ1v) is 11.3. The van der Waals surface area contributed by atoms with Crippen LogP contribution in [0.3, 0.4) is 0 Å². The molecule has 0 unspecified atom stereocenters. The van der Waals surface area contributed by atoms with Crippen LogP contribution >= 0.6 is 15.9 Å². The maximum absolute atomic E-state index is 12.8. The SMILES string of the molecule is O=C(N[C@H]1CCS(=O)(=O)C1)/C(=C/c1ccc(Br)cc1)NC(=O)c1ccccc1.